The molecule has 0 radical (unpaired) electrons. The number of benzene rings is 2. The summed E-state index contributed by atoms with van der Waals surface area (Å²) in [6.45, 7) is 3.11. The molecule has 1 saturated heterocycles. The second-order valence-corrected chi connectivity index (χ2v) is 7.27. The monoisotopic (exact) mass is 371 g/mol. The van der Waals surface area contributed by atoms with E-state index in [-0.39, 0.29) is 24.6 Å². The van der Waals surface area contributed by atoms with Crippen molar-refractivity contribution in [2.45, 2.75) is 37.8 Å². The molecule has 0 saturated carbocycles. The number of likely N-dealkylation sites (tertiary alicyclic amines) is 1. The van der Waals surface area contributed by atoms with E-state index in [1.165, 1.54) is 0 Å². The van der Waals surface area contributed by atoms with E-state index < -0.39 is 12.2 Å². The summed E-state index contributed by atoms with van der Waals surface area (Å²) in [5.41, 5.74) is 2.07. The Labute approximate surface area is 160 Å². The van der Waals surface area contributed by atoms with Crippen molar-refractivity contribution in [2.75, 3.05) is 19.8 Å². The van der Waals surface area contributed by atoms with Crippen molar-refractivity contribution in [1.29, 1.82) is 0 Å². The minimum absolute atomic E-state index is 0.0449. The Balaban J connectivity index is 1.69. The number of rotatable bonds is 7. The van der Waals surface area contributed by atoms with E-state index in [4.69, 9.17) is 4.74 Å². The van der Waals surface area contributed by atoms with Gasteiger partial charge in [-0.25, -0.2) is 0 Å². The quantitative estimate of drug-likeness (QED) is 0.694. The first-order valence-corrected chi connectivity index (χ1v) is 9.51. The zero-order valence-electron chi connectivity index (χ0n) is 15.7. The summed E-state index contributed by atoms with van der Waals surface area (Å²) in [4.78, 5) is 2.07. The van der Waals surface area contributed by atoms with Gasteiger partial charge in [0.05, 0.1) is 38.1 Å². The molecule has 0 amide bonds. The zero-order chi connectivity index (χ0) is 19.2. The molecule has 5 atom stereocenters. The SMILES string of the molecule is C[C@H]1[C@H](COCc2ccccc2)[C@H](O)[C@H](O)CN1[C@@H](CO)c1ccccc1. The molecular formula is C22H29NO4. The molecule has 1 heterocycles. The normalized spacial score (nSPS) is 27.4. The highest BCUT2D eigenvalue weighted by Gasteiger charge is 2.42. The van der Waals surface area contributed by atoms with Gasteiger partial charge in [0.1, 0.15) is 0 Å². The number of aliphatic hydroxyl groups excluding tert-OH is 3. The van der Waals surface area contributed by atoms with Gasteiger partial charge in [-0.15, -0.1) is 0 Å². The van der Waals surface area contributed by atoms with Crippen molar-refractivity contribution in [3.8, 4) is 0 Å². The molecule has 27 heavy (non-hydrogen) atoms. The van der Waals surface area contributed by atoms with Crippen LogP contribution in [0.3, 0.4) is 0 Å². The van der Waals surface area contributed by atoms with Crippen LogP contribution in [0.5, 0.6) is 0 Å². The fourth-order valence-electron chi connectivity index (χ4n) is 3.92. The van der Waals surface area contributed by atoms with Gasteiger partial charge in [0.25, 0.3) is 0 Å². The molecule has 0 bridgehead atoms. The van der Waals surface area contributed by atoms with Crippen LogP contribution in [0.2, 0.25) is 0 Å². The minimum Gasteiger partial charge on any atom is -0.394 e. The lowest BCUT2D eigenvalue weighted by Gasteiger charge is -2.47. The second-order valence-electron chi connectivity index (χ2n) is 7.27. The van der Waals surface area contributed by atoms with Gasteiger partial charge in [0.2, 0.25) is 0 Å². The Kier molecular flexibility index (Phi) is 6.99. The number of hydrogen-bond acceptors (Lipinski definition) is 5. The largest absolute Gasteiger partial charge is 0.394 e. The molecule has 2 aromatic carbocycles. The van der Waals surface area contributed by atoms with E-state index in [0.29, 0.717) is 19.8 Å². The summed E-state index contributed by atoms with van der Waals surface area (Å²) in [6, 6.07) is 19.4. The summed E-state index contributed by atoms with van der Waals surface area (Å²) in [5, 5.41) is 30.9. The standard InChI is InChI=1S/C22H29NO4/c1-16-19(15-27-14-17-8-4-2-5-9-17)22(26)21(25)12-23(16)20(13-24)18-10-6-3-7-11-18/h2-11,16,19-22,24-26H,12-15H2,1H3/t16-,19-,20-,21+,22-/m0/s1. The smallest absolute Gasteiger partial charge is 0.0930 e. The van der Waals surface area contributed by atoms with Crippen molar-refractivity contribution in [2.24, 2.45) is 5.92 Å². The van der Waals surface area contributed by atoms with Crippen LogP contribution < -0.4 is 0 Å². The van der Waals surface area contributed by atoms with E-state index >= 15 is 0 Å². The van der Waals surface area contributed by atoms with E-state index in [9.17, 15) is 15.3 Å². The molecule has 1 fully saturated rings. The molecule has 1 aliphatic heterocycles. The van der Waals surface area contributed by atoms with Crippen LogP contribution >= 0.6 is 0 Å². The average Bonchev–Trinajstić information content (AvgIpc) is 2.70. The molecular weight excluding hydrogens is 342 g/mol. The Hall–Kier alpha value is -1.76. The summed E-state index contributed by atoms with van der Waals surface area (Å²) in [7, 11) is 0. The van der Waals surface area contributed by atoms with Crippen molar-refractivity contribution >= 4 is 0 Å². The topological polar surface area (TPSA) is 73.2 Å². The third kappa shape index (κ3) is 4.75. The highest BCUT2D eigenvalue weighted by molar-refractivity contribution is 5.20. The Morgan fingerprint density at radius 2 is 1.67 bits per heavy atom. The lowest BCUT2D eigenvalue weighted by molar-refractivity contribution is -0.132. The van der Waals surface area contributed by atoms with Crippen molar-refractivity contribution in [3.05, 3.63) is 71.8 Å². The molecule has 0 aliphatic carbocycles. The number of hydrogen-bond donors (Lipinski definition) is 3. The van der Waals surface area contributed by atoms with E-state index in [0.717, 1.165) is 11.1 Å². The van der Waals surface area contributed by atoms with Gasteiger partial charge in [-0.2, -0.15) is 0 Å². The lowest BCUT2D eigenvalue weighted by atomic mass is 9.84. The van der Waals surface area contributed by atoms with Crippen LogP contribution in [0.1, 0.15) is 24.1 Å². The van der Waals surface area contributed by atoms with E-state index in [2.05, 4.69) is 4.90 Å². The van der Waals surface area contributed by atoms with Gasteiger partial charge >= 0.3 is 0 Å². The maximum Gasteiger partial charge on any atom is 0.0930 e. The van der Waals surface area contributed by atoms with E-state index in [1.807, 2.05) is 67.6 Å². The summed E-state index contributed by atoms with van der Waals surface area (Å²) in [5.74, 6) is -0.241. The maximum atomic E-state index is 10.5. The Morgan fingerprint density at radius 3 is 2.30 bits per heavy atom. The van der Waals surface area contributed by atoms with Crippen LogP contribution in [-0.4, -0.2) is 58.2 Å². The molecule has 2 aromatic rings. The van der Waals surface area contributed by atoms with Crippen molar-refractivity contribution < 1.29 is 20.1 Å². The van der Waals surface area contributed by atoms with Gasteiger partial charge in [-0.1, -0.05) is 60.7 Å². The van der Waals surface area contributed by atoms with Crippen LogP contribution in [0.15, 0.2) is 60.7 Å². The van der Waals surface area contributed by atoms with Crippen molar-refractivity contribution in [3.63, 3.8) is 0 Å². The van der Waals surface area contributed by atoms with Gasteiger partial charge in [0, 0.05) is 18.5 Å². The van der Waals surface area contributed by atoms with Gasteiger partial charge in [0.15, 0.2) is 0 Å². The molecule has 0 spiro atoms. The molecule has 3 N–H and O–H groups in total. The zero-order valence-corrected chi connectivity index (χ0v) is 15.7. The third-order valence-electron chi connectivity index (χ3n) is 5.55. The first-order chi connectivity index (χ1) is 13.1. The van der Waals surface area contributed by atoms with Crippen LogP contribution in [-0.2, 0) is 11.3 Å². The third-order valence-corrected chi connectivity index (χ3v) is 5.55. The van der Waals surface area contributed by atoms with Gasteiger partial charge in [-0.05, 0) is 18.1 Å². The fourth-order valence-corrected chi connectivity index (χ4v) is 3.92. The number of piperidine rings is 1. The Morgan fingerprint density at radius 1 is 1.04 bits per heavy atom. The van der Waals surface area contributed by atoms with E-state index in [1.54, 1.807) is 0 Å². The first-order valence-electron chi connectivity index (χ1n) is 9.51. The molecule has 1 aliphatic rings. The summed E-state index contributed by atoms with van der Waals surface area (Å²) in [6.07, 6.45) is -1.72. The van der Waals surface area contributed by atoms with Gasteiger partial charge in [-0.3, -0.25) is 4.90 Å². The minimum atomic E-state index is -0.871. The summed E-state index contributed by atoms with van der Waals surface area (Å²) < 4.78 is 5.86. The maximum absolute atomic E-state index is 10.5. The highest BCUT2D eigenvalue weighted by atomic mass is 16.5. The molecule has 5 nitrogen and oxygen atoms in total. The second kappa shape index (κ2) is 9.44. The number of ether oxygens (including phenoxy) is 1. The highest BCUT2D eigenvalue weighted by Crippen LogP contribution is 2.32. The Bertz CT molecular complexity index is 681. The number of β-amino-alcohol motifs (C(OH)–C–C–N with tert-alkyl or cyclic N) is 1. The van der Waals surface area contributed by atoms with Crippen LogP contribution in [0.25, 0.3) is 0 Å². The average molecular weight is 371 g/mol. The molecule has 5 heteroatoms. The van der Waals surface area contributed by atoms with Crippen LogP contribution in [0.4, 0.5) is 0 Å². The predicted molar refractivity (Wildman–Crippen MR) is 104 cm³/mol. The summed E-state index contributed by atoms with van der Waals surface area (Å²) >= 11 is 0. The first kappa shape index (κ1) is 20.0. The molecule has 0 unspecified atom stereocenters. The number of aliphatic hydroxyl groups is 3. The molecule has 3 rings (SSSR count). The fraction of sp³-hybridized carbons (Fsp3) is 0.455. The van der Waals surface area contributed by atoms with Crippen molar-refractivity contribution in [1.82, 2.24) is 4.90 Å². The number of nitrogens with zero attached hydrogens (tertiary/aromatic N) is 1. The molecule has 0 aromatic heterocycles. The molecule has 146 valence electrons. The van der Waals surface area contributed by atoms with Crippen LogP contribution in [0, 0.1) is 5.92 Å². The van der Waals surface area contributed by atoms with Gasteiger partial charge < -0.3 is 20.1 Å². The predicted octanol–water partition coefficient (Wildman–Crippen LogP) is 1.98. The lowest BCUT2D eigenvalue weighted by Crippen LogP contribution is -2.59.